The minimum atomic E-state index is -0.251. The lowest BCUT2D eigenvalue weighted by Crippen LogP contribution is -2.17. The average molecular weight is 523 g/mol. The molecule has 5 heteroatoms. The topological polar surface area (TPSA) is 51.3 Å². The summed E-state index contributed by atoms with van der Waals surface area (Å²) in [4.78, 5) is 12.9. The molecule has 0 aliphatic carbocycles. The van der Waals surface area contributed by atoms with Gasteiger partial charge in [0.15, 0.2) is 0 Å². The van der Waals surface area contributed by atoms with Gasteiger partial charge in [0.25, 0.3) is 5.91 Å². The molecule has 5 nitrogen and oxygen atoms in total. The van der Waals surface area contributed by atoms with Gasteiger partial charge in [-0.3, -0.25) is 4.79 Å². The summed E-state index contributed by atoms with van der Waals surface area (Å²) in [5, 5.41) is 5.39. The van der Waals surface area contributed by atoms with Crippen molar-refractivity contribution < 1.29 is 4.79 Å². The van der Waals surface area contributed by atoms with Crippen molar-refractivity contribution in [3.05, 3.63) is 149 Å². The van der Waals surface area contributed by atoms with E-state index in [4.69, 9.17) is 0 Å². The Morgan fingerprint density at radius 3 is 2.40 bits per heavy atom. The Labute approximate surface area is 234 Å². The van der Waals surface area contributed by atoms with E-state index >= 15 is 0 Å². The number of aromatic nitrogens is 2. The molecular weight excluding hydrogens is 492 g/mol. The average Bonchev–Trinajstić information content (AvgIpc) is 3.54. The molecule has 0 saturated carbocycles. The molecule has 6 aromatic rings. The van der Waals surface area contributed by atoms with Gasteiger partial charge in [0.05, 0.1) is 11.9 Å². The zero-order valence-electron chi connectivity index (χ0n) is 22.6. The van der Waals surface area contributed by atoms with Crippen LogP contribution < -0.4 is 5.43 Å². The maximum atomic E-state index is 12.9. The number of amides is 1. The van der Waals surface area contributed by atoms with Crippen LogP contribution in [-0.4, -0.2) is 21.3 Å². The van der Waals surface area contributed by atoms with Crippen LogP contribution in [0.3, 0.4) is 0 Å². The number of para-hydroxylation sites is 1. The number of rotatable bonds is 7. The van der Waals surface area contributed by atoms with E-state index in [1.54, 1.807) is 6.21 Å². The Hall–Kier alpha value is -5.16. The third-order valence-corrected chi connectivity index (χ3v) is 7.16. The van der Waals surface area contributed by atoms with Gasteiger partial charge in [0.2, 0.25) is 0 Å². The molecule has 40 heavy (non-hydrogen) atoms. The predicted octanol–water partition coefficient (Wildman–Crippen LogP) is 7.53. The standard InChI is InChI=1S/C35H30N4O/c1-25-9-8-10-27(21-25)23-38-24-30(32-13-6-7-14-34(32)38)22-36-37-35(40)29-16-18-31(19-17-29)39-26(2)15-20-33(39)28-11-4-3-5-12-28/h3-22,24H,23H2,1-2H3,(H,37,40)/b36-22+. The second-order valence-electron chi connectivity index (χ2n) is 10.0. The van der Waals surface area contributed by atoms with Crippen molar-refractivity contribution in [2.45, 2.75) is 20.4 Å². The summed E-state index contributed by atoms with van der Waals surface area (Å²) < 4.78 is 4.42. The van der Waals surface area contributed by atoms with E-state index in [1.165, 1.54) is 11.1 Å². The number of hydrogen-bond donors (Lipinski definition) is 1. The van der Waals surface area contributed by atoms with Gasteiger partial charge >= 0.3 is 0 Å². The van der Waals surface area contributed by atoms with Crippen LogP contribution in [0.5, 0.6) is 0 Å². The van der Waals surface area contributed by atoms with Crippen molar-refractivity contribution in [3.8, 4) is 16.9 Å². The van der Waals surface area contributed by atoms with Crippen LogP contribution in [-0.2, 0) is 6.54 Å². The number of carbonyl (C=O) groups is 1. The molecule has 0 unspecified atom stereocenters. The second-order valence-corrected chi connectivity index (χ2v) is 10.0. The molecule has 0 saturated heterocycles. The Balaban J connectivity index is 1.19. The van der Waals surface area contributed by atoms with Crippen molar-refractivity contribution in [1.29, 1.82) is 0 Å². The number of nitrogens with one attached hydrogen (secondary N) is 1. The predicted molar refractivity (Wildman–Crippen MR) is 163 cm³/mol. The number of hydrazone groups is 1. The molecule has 0 atom stereocenters. The van der Waals surface area contributed by atoms with Crippen molar-refractivity contribution in [1.82, 2.24) is 14.6 Å². The monoisotopic (exact) mass is 522 g/mol. The van der Waals surface area contributed by atoms with Crippen LogP contribution in [0.25, 0.3) is 27.8 Å². The van der Waals surface area contributed by atoms with E-state index in [2.05, 4.69) is 100 Å². The highest BCUT2D eigenvalue weighted by Gasteiger charge is 2.11. The van der Waals surface area contributed by atoms with Crippen LogP contribution >= 0.6 is 0 Å². The van der Waals surface area contributed by atoms with Crippen LogP contribution in [0.4, 0.5) is 0 Å². The second kappa shape index (κ2) is 10.9. The molecule has 0 fully saturated rings. The lowest BCUT2D eigenvalue weighted by atomic mass is 10.1. The third-order valence-electron chi connectivity index (χ3n) is 7.16. The lowest BCUT2D eigenvalue weighted by Gasteiger charge is -2.12. The van der Waals surface area contributed by atoms with Crippen molar-refractivity contribution in [3.63, 3.8) is 0 Å². The lowest BCUT2D eigenvalue weighted by molar-refractivity contribution is 0.0955. The molecule has 2 heterocycles. The Bertz CT molecular complexity index is 1830. The molecule has 0 radical (unpaired) electrons. The van der Waals surface area contributed by atoms with E-state index < -0.39 is 0 Å². The van der Waals surface area contributed by atoms with Gasteiger partial charge < -0.3 is 9.13 Å². The maximum absolute atomic E-state index is 12.9. The van der Waals surface area contributed by atoms with Gasteiger partial charge in [-0.15, -0.1) is 0 Å². The molecule has 1 N–H and O–H groups in total. The fourth-order valence-corrected chi connectivity index (χ4v) is 5.22. The quantitative estimate of drug-likeness (QED) is 0.171. The minimum Gasteiger partial charge on any atom is -0.342 e. The van der Waals surface area contributed by atoms with Crippen LogP contribution in [0, 0.1) is 13.8 Å². The van der Waals surface area contributed by atoms with Gasteiger partial charge in [-0.25, -0.2) is 5.43 Å². The summed E-state index contributed by atoms with van der Waals surface area (Å²) in [6, 6.07) is 38.9. The number of hydrogen-bond acceptors (Lipinski definition) is 2. The summed E-state index contributed by atoms with van der Waals surface area (Å²) in [6.07, 6.45) is 3.80. The highest BCUT2D eigenvalue weighted by molar-refractivity contribution is 6.00. The Morgan fingerprint density at radius 2 is 1.60 bits per heavy atom. The normalized spacial score (nSPS) is 11.3. The molecule has 0 aliphatic rings. The first-order valence-corrected chi connectivity index (χ1v) is 13.4. The number of aryl methyl sites for hydroxylation is 2. The largest absolute Gasteiger partial charge is 0.342 e. The molecular formula is C35H30N4O. The maximum Gasteiger partial charge on any atom is 0.271 e. The number of nitrogens with zero attached hydrogens (tertiary/aromatic N) is 3. The van der Waals surface area contributed by atoms with Crippen molar-refractivity contribution in [2.75, 3.05) is 0 Å². The minimum absolute atomic E-state index is 0.251. The van der Waals surface area contributed by atoms with Gasteiger partial charge in [0.1, 0.15) is 0 Å². The Morgan fingerprint density at radius 1 is 0.825 bits per heavy atom. The zero-order valence-corrected chi connectivity index (χ0v) is 22.6. The van der Waals surface area contributed by atoms with Gasteiger partial charge in [0, 0.05) is 46.2 Å². The molecule has 0 bridgehead atoms. The van der Waals surface area contributed by atoms with E-state index in [-0.39, 0.29) is 5.91 Å². The molecule has 0 aliphatic heterocycles. The molecule has 1 amide bonds. The van der Waals surface area contributed by atoms with Crippen LogP contribution in [0.1, 0.15) is 32.7 Å². The van der Waals surface area contributed by atoms with E-state index in [1.807, 2.05) is 54.6 Å². The summed E-state index contributed by atoms with van der Waals surface area (Å²) in [6.45, 7) is 4.95. The van der Waals surface area contributed by atoms with E-state index in [0.717, 1.165) is 45.6 Å². The van der Waals surface area contributed by atoms with E-state index in [0.29, 0.717) is 5.56 Å². The SMILES string of the molecule is Cc1cccc(Cn2cc(/C=N/NC(=O)c3ccc(-n4c(C)ccc4-c4ccccc4)cc3)c3ccccc32)c1. The highest BCUT2D eigenvalue weighted by Crippen LogP contribution is 2.26. The van der Waals surface area contributed by atoms with Gasteiger partial charge in [-0.05, 0) is 67.4 Å². The Kier molecular flexibility index (Phi) is 6.86. The molecule has 4 aromatic carbocycles. The molecule has 6 rings (SSSR count). The van der Waals surface area contributed by atoms with Crippen LogP contribution in [0.15, 0.2) is 127 Å². The van der Waals surface area contributed by atoms with Gasteiger partial charge in [-0.1, -0.05) is 78.4 Å². The number of benzene rings is 4. The van der Waals surface area contributed by atoms with E-state index in [9.17, 15) is 4.79 Å². The fourth-order valence-electron chi connectivity index (χ4n) is 5.22. The first-order chi connectivity index (χ1) is 19.6. The van der Waals surface area contributed by atoms with Crippen LogP contribution in [0.2, 0.25) is 0 Å². The molecule has 0 spiro atoms. The summed E-state index contributed by atoms with van der Waals surface area (Å²) >= 11 is 0. The van der Waals surface area contributed by atoms with Gasteiger partial charge in [-0.2, -0.15) is 5.10 Å². The summed E-state index contributed by atoms with van der Waals surface area (Å²) in [5.74, 6) is -0.251. The number of carbonyl (C=O) groups excluding carboxylic acids is 1. The third kappa shape index (κ3) is 5.09. The summed E-state index contributed by atoms with van der Waals surface area (Å²) in [5.41, 5.74) is 12.2. The zero-order chi connectivity index (χ0) is 27.5. The fraction of sp³-hybridized carbons (Fsp3) is 0.0857. The first-order valence-electron chi connectivity index (χ1n) is 13.4. The van der Waals surface area contributed by atoms with Crippen molar-refractivity contribution >= 4 is 23.0 Å². The first kappa shape index (κ1) is 25.1. The number of fused-ring (bicyclic) bond motifs is 1. The molecule has 196 valence electrons. The molecule has 2 aromatic heterocycles. The van der Waals surface area contributed by atoms with Crippen molar-refractivity contribution in [2.24, 2.45) is 5.10 Å². The summed E-state index contributed by atoms with van der Waals surface area (Å²) in [7, 11) is 0. The highest BCUT2D eigenvalue weighted by atomic mass is 16.2. The smallest absolute Gasteiger partial charge is 0.271 e.